The van der Waals surface area contributed by atoms with Gasteiger partial charge in [-0.3, -0.25) is 19.1 Å². The van der Waals surface area contributed by atoms with Crippen LogP contribution < -0.4 is 10.2 Å². The Bertz CT molecular complexity index is 856. The Kier molecular flexibility index (Phi) is 4.83. The van der Waals surface area contributed by atoms with E-state index in [4.69, 9.17) is 0 Å². The van der Waals surface area contributed by atoms with Gasteiger partial charge in [0.1, 0.15) is 11.5 Å². The summed E-state index contributed by atoms with van der Waals surface area (Å²) in [6.07, 6.45) is 1.90. The molecular formula is C18H21N5O3. The summed E-state index contributed by atoms with van der Waals surface area (Å²) in [5.41, 5.74) is 0.764. The first-order chi connectivity index (χ1) is 12.4. The lowest BCUT2D eigenvalue weighted by atomic mass is 9.88. The molecule has 1 aliphatic heterocycles. The zero-order valence-electron chi connectivity index (χ0n) is 15.0. The van der Waals surface area contributed by atoms with Crippen molar-refractivity contribution >= 4 is 29.1 Å². The quantitative estimate of drug-likeness (QED) is 0.649. The van der Waals surface area contributed by atoms with E-state index >= 15 is 0 Å². The van der Waals surface area contributed by atoms with Crippen LogP contribution in [0.15, 0.2) is 24.4 Å². The molecule has 1 unspecified atom stereocenters. The molecule has 8 nitrogen and oxygen atoms in total. The predicted octanol–water partition coefficient (Wildman–Crippen LogP) is 1.78. The number of fused-ring (bicyclic) bond motifs is 1. The van der Waals surface area contributed by atoms with E-state index in [9.17, 15) is 14.4 Å². The molecule has 1 N–H and O–H groups in total. The summed E-state index contributed by atoms with van der Waals surface area (Å²) in [6, 6.07) is 5.00. The number of ketones is 2. The van der Waals surface area contributed by atoms with E-state index in [2.05, 4.69) is 15.4 Å². The Morgan fingerprint density at radius 2 is 2.15 bits per heavy atom. The van der Waals surface area contributed by atoms with E-state index < -0.39 is 5.92 Å². The molecule has 0 aliphatic carbocycles. The molecule has 0 saturated carbocycles. The maximum absolute atomic E-state index is 12.8. The highest BCUT2D eigenvalue weighted by Gasteiger charge is 2.35. The summed E-state index contributed by atoms with van der Waals surface area (Å²) in [4.78, 5) is 42.9. The number of anilines is 2. The lowest BCUT2D eigenvalue weighted by Gasteiger charge is -2.21. The number of pyridine rings is 1. The molecule has 0 aromatic carbocycles. The number of carbonyl (C=O) groups is 3. The molecule has 1 atom stereocenters. The lowest BCUT2D eigenvalue weighted by Crippen LogP contribution is -2.32. The molecule has 0 bridgehead atoms. The van der Waals surface area contributed by atoms with E-state index in [0.29, 0.717) is 30.0 Å². The molecule has 136 valence electrons. The smallest absolute Gasteiger partial charge is 0.222 e. The van der Waals surface area contributed by atoms with E-state index in [0.717, 1.165) is 12.4 Å². The van der Waals surface area contributed by atoms with Gasteiger partial charge in [-0.25, -0.2) is 4.98 Å². The zero-order chi connectivity index (χ0) is 18.8. The highest BCUT2D eigenvalue weighted by molar-refractivity contribution is 6.16. The van der Waals surface area contributed by atoms with Crippen molar-refractivity contribution in [3.8, 4) is 0 Å². The summed E-state index contributed by atoms with van der Waals surface area (Å²) in [5, 5.41) is 6.74. The van der Waals surface area contributed by atoms with Gasteiger partial charge in [0.15, 0.2) is 17.4 Å². The number of hydrogen-bond acceptors (Lipinski definition) is 6. The molecule has 1 amide bonds. The summed E-state index contributed by atoms with van der Waals surface area (Å²) in [6.45, 7) is 4.64. The number of nitrogens with zero attached hydrogens (tertiary/aromatic N) is 4. The fraction of sp³-hybridized carbons (Fsp3) is 0.389. The number of amides is 1. The Balaban J connectivity index is 1.80. The van der Waals surface area contributed by atoms with Crippen LogP contribution in [-0.4, -0.2) is 45.8 Å². The standard InChI is InChI=1S/C18H21N5O3/c1-4-22(3)16-6-5-12(10-19-16)17(25)13-7-8-23-14(18(13)26)9-15(21-23)20-11(2)24/h5-6,9-10,13H,4,7-8H2,1-3H3,(H,20,21,24). The molecule has 1 aliphatic rings. The molecule has 8 heteroatoms. The first-order valence-corrected chi connectivity index (χ1v) is 8.51. The van der Waals surface area contributed by atoms with Crippen LogP contribution >= 0.6 is 0 Å². The van der Waals surface area contributed by atoms with Crippen LogP contribution in [0, 0.1) is 5.92 Å². The lowest BCUT2D eigenvalue weighted by molar-refractivity contribution is -0.114. The molecule has 0 saturated heterocycles. The Hall–Kier alpha value is -3.03. The third-order valence-corrected chi connectivity index (χ3v) is 4.50. The summed E-state index contributed by atoms with van der Waals surface area (Å²) < 4.78 is 1.54. The van der Waals surface area contributed by atoms with Crippen LogP contribution in [0.3, 0.4) is 0 Å². The van der Waals surface area contributed by atoms with E-state index in [1.165, 1.54) is 23.9 Å². The number of aryl methyl sites for hydroxylation is 1. The highest BCUT2D eigenvalue weighted by atomic mass is 16.2. The molecule has 3 heterocycles. The van der Waals surface area contributed by atoms with E-state index in [-0.39, 0.29) is 17.5 Å². The monoisotopic (exact) mass is 355 g/mol. The molecule has 0 spiro atoms. The molecule has 2 aromatic heterocycles. The predicted molar refractivity (Wildman–Crippen MR) is 96.5 cm³/mol. The van der Waals surface area contributed by atoms with Gasteiger partial charge in [0.25, 0.3) is 0 Å². The second kappa shape index (κ2) is 7.07. The molecule has 26 heavy (non-hydrogen) atoms. The fourth-order valence-electron chi connectivity index (χ4n) is 2.96. The second-order valence-electron chi connectivity index (χ2n) is 6.31. The fourth-order valence-corrected chi connectivity index (χ4v) is 2.96. The van der Waals surface area contributed by atoms with Gasteiger partial charge in [-0.1, -0.05) is 0 Å². The first-order valence-electron chi connectivity index (χ1n) is 8.51. The Labute approximate surface area is 151 Å². The molecular weight excluding hydrogens is 334 g/mol. The minimum absolute atomic E-state index is 0.235. The van der Waals surface area contributed by atoms with Crippen molar-refractivity contribution in [3.63, 3.8) is 0 Å². The minimum Gasteiger partial charge on any atom is -0.360 e. The number of aromatic nitrogens is 3. The van der Waals surface area contributed by atoms with E-state index in [1.54, 1.807) is 12.1 Å². The second-order valence-corrected chi connectivity index (χ2v) is 6.31. The minimum atomic E-state index is -0.749. The number of Topliss-reactive ketones (excluding diaryl/α,β-unsaturated/α-hetero) is 2. The van der Waals surface area contributed by atoms with Crippen molar-refractivity contribution in [2.24, 2.45) is 5.92 Å². The molecule has 2 aromatic rings. The summed E-state index contributed by atoms with van der Waals surface area (Å²) in [5.74, 6) is -0.425. The van der Waals surface area contributed by atoms with Crippen LogP contribution in [0.25, 0.3) is 0 Å². The van der Waals surface area contributed by atoms with Crippen LogP contribution in [-0.2, 0) is 11.3 Å². The highest BCUT2D eigenvalue weighted by Crippen LogP contribution is 2.26. The topological polar surface area (TPSA) is 97.2 Å². The van der Waals surface area contributed by atoms with Crippen LogP contribution in [0.1, 0.15) is 41.1 Å². The largest absolute Gasteiger partial charge is 0.360 e. The molecule has 3 rings (SSSR count). The summed E-state index contributed by atoms with van der Waals surface area (Å²) >= 11 is 0. The Morgan fingerprint density at radius 3 is 2.77 bits per heavy atom. The third kappa shape index (κ3) is 3.35. The summed E-state index contributed by atoms with van der Waals surface area (Å²) in [7, 11) is 1.92. The molecule has 0 fully saturated rings. The average Bonchev–Trinajstić information content (AvgIpc) is 3.03. The SMILES string of the molecule is CCN(C)c1ccc(C(=O)C2CCn3nc(NC(C)=O)cc3C2=O)cn1. The van der Waals surface area contributed by atoms with Gasteiger partial charge in [-0.2, -0.15) is 5.10 Å². The van der Waals surface area contributed by atoms with Crippen molar-refractivity contribution in [1.29, 1.82) is 0 Å². The van der Waals surface area contributed by atoms with Gasteiger partial charge in [-0.15, -0.1) is 0 Å². The van der Waals surface area contributed by atoms with Gasteiger partial charge >= 0.3 is 0 Å². The third-order valence-electron chi connectivity index (χ3n) is 4.50. The number of hydrogen-bond donors (Lipinski definition) is 1. The van der Waals surface area contributed by atoms with Crippen molar-refractivity contribution in [2.45, 2.75) is 26.8 Å². The van der Waals surface area contributed by atoms with Crippen molar-refractivity contribution < 1.29 is 14.4 Å². The van der Waals surface area contributed by atoms with Gasteiger partial charge in [0.05, 0.1) is 5.92 Å². The van der Waals surface area contributed by atoms with E-state index in [1.807, 2.05) is 18.9 Å². The van der Waals surface area contributed by atoms with Gasteiger partial charge in [-0.05, 0) is 25.5 Å². The molecule has 0 radical (unpaired) electrons. The first kappa shape index (κ1) is 17.8. The van der Waals surface area contributed by atoms with Crippen molar-refractivity contribution in [1.82, 2.24) is 14.8 Å². The van der Waals surface area contributed by atoms with Gasteiger partial charge in [0, 0.05) is 44.9 Å². The van der Waals surface area contributed by atoms with Crippen LogP contribution in [0.4, 0.5) is 11.6 Å². The zero-order valence-corrected chi connectivity index (χ0v) is 15.0. The van der Waals surface area contributed by atoms with Crippen molar-refractivity contribution in [3.05, 3.63) is 35.7 Å². The number of nitrogens with one attached hydrogen (secondary N) is 1. The maximum atomic E-state index is 12.8. The number of carbonyl (C=O) groups excluding carboxylic acids is 3. The average molecular weight is 355 g/mol. The van der Waals surface area contributed by atoms with Gasteiger partial charge in [0.2, 0.25) is 5.91 Å². The van der Waals surface area contributed by atoms with Crippen molar-refractivity contribution in [2.75, 3.05) is 23.8 Å². The normalized spacial score (nSPS) is 16.1. The van der Waals surface area contributed by atoms with Crippen LogP contribution in [0.5, 0.6) is 0 Å². The maximum Gasteiger partial charge on any atom is 0.222 e. The number of rotatable bonds is 5. The van der Waals surface area contributed by atoms with Gasteiger partial charge < -0.3 is 10.2 Å². The van der Waals surface area contributed by atoms with Crippen LogP contribution in [0.2, 0.25) is 0 Å². The Morgan fingerprint density at radius 1 is 1.38 bits per heavy atom.